The van der Waals surface area contributed by atoms with Crippen LogP contribution in [0.15, 0.2) is 18.5 Å². The Kier molecular flexibility index (Phi) is 3.50. The van der Waals surface area contributed by atoms with E-state index < -0.39 is 11.9 Å². The molecule has 0 unspecified atom stereocenters. The Morgan fingerprint density at radius 2 is 2.11 bits per heavy atom. The summed E-state index contributed by atoms with van der Waals surface area (Å²) in [5.41, 5.74) is 0.371. The quantitative estimate of drug-likeness (QED) is 0.929. The predicted octanol–water partition coefficient (Wildman–Crippen LogP) is 2.27. The van der Waals surface area contributed by atoms with Crippen molar-refractivity contribution in [3.63, 3.8) is 0 Å². The Labute approximate surface area is 108 Å². The molecule has 0 aliphatic rings. The fourth-order valence-electron chi connectivity index (χ4n) is 1.72. The van der Waals surface area contributed by atoms with Crippen LogP contribution in [-0.2, 0) is 26.3 Å². The number of nitrogens with one attached hydrogen (secondary N) is 1. The van der Waals surface area contributed by atoms with Gasteiger partial charge in [0.2, 0.25) is 0 Å². The maximum atomic E-state index is 12.6. The molecule has 0 saturated heterocycles. The summed E-state index contributed by atoms with van der Waals surface area (Å²) in [6, 6.07) is 1.06. The molecule has 2 aromatic rings. The standard InChI is InChI=1S/C11H14F3N5/c1-3-19-9(4-10(17-19)11(12,13)14)6-15-8-5-16-18(2)7-8/h4-5,7,15H,3,6H2,1-2H3. The first-order chi connectivity index (χ1) is 8.90. The zero-order valence-corrected chi connectivity index (χ0v) is 10.6. The average Bonchev–Trinajstić information content (AvgIpc) is 2.91. The van der Waals surface area contributed by atoms with Crippen LogP contribution in [0.2, 0.25) is 0 Å². The van der Waals surface area contributed by atoms with Crippen molar-refractivity contribution < 1.29 is 13.2 Å². The van der Waals surface area contributed by atoms with Crippen LogP contribution in [0, 0.1) is 0 Å². The number of halogens is 3. The Balaban J connectivity index is 2.13. The van der Waals surface area contributed by atoms with Crippen LogP contribution in [0.3, 0.4) is 0 Å². The molecular formula is C11H14F3N5. The fraction of sp³-hybridized carbons (Fsp3) is 0.455. The smallest absolute Gasteiger partial charge is 0.377 e. The summed E-state index contributed by atoms with van der Waals surface area (Å²) < 4.78 is 40.7. The van der Waals surface area contributed by atoms with E-state index in [2.05, 4.69) is 15.5 Å². The highest BCUT2D eigenvalue weighted by atomic mass is 19.4. The van der Waals surface area contributed by atoms with Crippen molar-refractivity contribution in [1.82, 2.24) is 19.6 Å². The van der Waals surface area contributed by atoms with Gasteiger partial charge in [0.1, 0.15) is 0 Å². The fourth-order valence-corrected chi connectivity index (χ4v) is 1.72. The van der Waals surface area contributed by atoms with E-state index in [4.69, 9.17) is 0 Å². The van der Waals surface area contributed by atoms with Crippen molar-refractivity contribution in [1.29, 1.82) is 0 Å². The molecule has 0 aliphatic carbocycles. The van der Waals surface area contributed by atoms with E-state index in [1.165, 1.54) is 4.68 Å². The Bertz CT molecular complexity index is 555. The number of rotatable bonds is 4. The van der Waals surface area contributed by atoms with Gasteiger partial charge in [-0.1, -0.05) is 0 Å². The first kappa shape index (κ1) is 13.4. The summed E-state index contributed by atoms with van der Waals surface area (Å²) in [5, 5.41) is 10.5. The molecule has 0 aromatic carbocycles. The van der Waals surface area contributed by atoms with Crippen LogP contribution in [0.4, 0.5) is 18.9 Å². The molecule has 0 aliphatic heterocycles. The lowest BCUT2D eigenvalue weighted by molar-refractivity contribution is -0.141. The van der Waals surface area contributed by atoms with Gasteiger partial charge in [-0.2, -0.15) is 23.4 Å². The second-order valence-electron chi connectivity index (χ2n) is 4.09. The van der Waals surface area contributed by atoms with E-state index >= 15 is 0 Å². The van der Waals surface area contributed by atoms with Crippen LogP contribution in [0.25, 0.3) is 0 Å². The van der Waals surface area contributed by atoms with E-state index in [1.54, 1.807) is 31.0 Å². The van der Waals surface area contributed by atoms with Gasteiger partial charge in [-0.15, -0.1) is 0 Å². The number of alkyl halides is 3. The number of anilines is 1. The molecule has 0 bridgehead atoms. The van der Waals surface area contributed by atoms with Crippen molar-refractivity contribution in [2.75, 3.05) is 5.32 Å². The second-order valence-corrected chi connectivity index (χ2v) is 4.09. The largest absolute Gasteiger partial charge is 0.435 e. The molecular weight excluding hydrogens is 259 g/mol. The van der Waals surface area contributed by atoms with Crippen molar-refractivity contribution >= 4 is 5.69 Å². The van der Waals surface area contributed by atoms with Crippen molar-refractivity contribution in [2.45, 2.75) is 26.2 Å². The van der Waals surface area contributed by atoms with E-state index in [0.29, 0.717) is 12.2 Å². The highest BCUT2D eigenvalue weighted by Crippen LogP contribution is 2.28. The summed E-state index contributed by atoms with van der Waals surface area (Å²) in [4.78, 5) is 0. The molecule has 5 nitrogen and oxygen atoms in total. The molecule has 0 radical (unpaired) electrons. The van der Waals surface area contributed by atoms with Gasteiger partial charge in [0.05, 0.1) is 24.1 Å². The highest BCUT2D eigenvalue weighted by molar-refractivity contribution is 5.38. The minimum absolute atomic E-state index is 0.266. The molecule has 0 fully saturated rings. The number of aryl methyl sites for hydroxylation is 2. The zero-order chi connectivity index (χ0) is 14.0. The maximum Gasteiger partial charge on any atom is 0.435 e. The summed E-state index contributed by atoms with van der Waals surface area (Å²) in [7, 11) is 1.77. The molecule has 0 saturated carbocycles. The molecule has 19 heavy (non-hydrogen) atoms. The summed E-state index contributed by atoms with van der Waals surface area (Å²) in [6.45, 7) is 2.41. The van der Waals surface area contributed by atoms with Gasteiger partial charge in [-0.25, -0.2) is 0 Å². The number of nitrogens with zero attached hydrogens (tertiary/aromatic N) is 4. The number of hydrogen-bond acceptors (Lipinski definition) is 3. The van der Waals surface area contributed by atoms with Gasteiger partial charge < -0.3 is 5.32 Å². The van der Waals surface area contributed by atoms with Gasteiger partial charge in [-0.05, 0) is 13.0 Å². The average molecular weight is 273 g/mol. The summed E-state index contributed by atoms with van der Waals surface area (Å²) in [5.74, 6) is 0. The number of hydrogen-bond donors (Lipinski definition) is 1. The minimum Gasteiger partial charge on any atom is -0.377 e. The second kappa shape index (κ2) is 4.94. The van der Waals surface area contributed by atoms with Crippen LogP contribution in [-0.4, -0.2) is 19.6 Å². The topological polar surface area (TPSA) is 47.7 Å². The third kappa shape index (κ3) is 3.07. The van der Waals surface area contributed by atoms with Crippen molar-refractivity contribution in [3.05, 3.63) is 29.8 Å². The minimum atomic E-state index is -4.41. The van der Waals surface area contributed by atoms with E-state index in [0.717, 1.165) is 11.8 Å². The monoisotopic (exact) mass is 273 g/mol. The Hall–Kier alpha value is -1.99. The molecule has 2 heterocycles. The lowest BCUT2D eigenvalue weighted by Crippen LogP contribution is -2.09. The summed E-state index contributed by atoms with van der Waals surface area (Å²) in [6.07, 6.45) is -1.06. The third-order valence-corrected chi connectivity index (χ3v) is 2.63. The molecule has 0 amide bonds. The highest BCUT2D eigenvalue weighted by Gasteiger charge is 2.34. The first-order valence-electron chi connectivity index (χ1n) is 5.76. The zero-order valence-electron chi connectivity index (χ0n) is 10.6. The van der Waals surface area contributed by atoms with Gasteiger partial charge in [0.25, 0.3) is 0 Å². The van der Waals surface area contributed by atoms with Gasteiger partial charge >= 0.3 is 6.18 Å². The molecule has 2 aromatic heterocycles. The first-order valence-corrected chi connectivity index (χ1v) is 5.76. The van der Waals surface area contributed by atoms with E-state index in [1.807, 2.05) is 0 Å². The van der Waals surface area contributed by atoms with Crippen LogP contribution >= 0.6 is 0 Å². The molecule has 104 valence electrons. The SMILES string of the molecule is CCn1nc(C(F)(F)F)cc1CNc1cnn(C)c1. The van der Waals surface area contributed by atoms with Crippen LogP contribution < -0.4 is 5.32 Å². The Morgan fingerprint density at radius 1 is 1.37 bits per heavy atom. The molecule has 8 heteroatoms. The third-order valence-electron chi connectivity index (χ3n) is 2.63. The van der Waals surface area contributed by atoms with Crippen molar-refractivity contribution in [2.24, 2.45) is 7.05 Å². The predicted molar refractivity (Wildman–Crippen MR) is 63.4 cm³/mol. The number of aromatic nitrogens is 4. The van der Waals surface area contributed by atoms with Crippen LogP contribution in [0.5, 0.6) is 0 Å². The lowest BCUT2D eigenvalue weighted by Gasteiger charge is -2.05. The Morgan fingerprint density at radius 3 is 2.63 bits per heavy atom. The van der Waals surface area contributed by atoms with Gasteiger partial charge in [-0.3, -0.25) is 9.36 Å². The molecule has 0 atom stereocenters. The van der Waals surface area contributed by atoms with Crippen molar-refractivity contribution in [3.8, 4) is 0 Å². The van der Waals surface area contributed by atoms with E-state index in [9.17, 15) is 13.2 Å². The van der Waals surface area contributed by atoms with Gasteiger partial charge in [0.15, 0.2) is 5.69 Å². The molecule has 0 spiro atoms. The van der Waals surface area contributed by atoms with E-state index in [-0.39, 0.29) is 6.54 Å². The molecule has 2 rings (SSSR count). The van der Waals surface area contributed by atoms with Gasteiger partial charge in [0, 0.05) is 19.8 Å². The normalized spacial score (nSPS) is 11.8. The molecule has 1 N–H and O–H groups in total. The lowest BCUT2D eigenvalue weighted by atomic mass is 10.3. The maximum absolute atomic E-state index is 12.6. The van der Waals surface area contributed by atoms with Crippen LogP contribution in [0.1, 0.15) is 18.3 Å². The summed E-state index contributed by atoms with van der Waals surface area (Å²) >= 11 is 0.